The molecule has 4 heteroatoms. The molecule has 4 nitrogen and oxygen atoms in total. The molecular formula is C9H8N3O. The first-order valence-corrected chi connectivity index (χ1v) is 3.79. The molecule has 0 saturated carbocycles. The third-order valence-electron chi connectivity index (χ3n) is 1.91. The first kappa shape index (κ1) is 7.67. The van der Waals surface area contributed by atoms with Crippen LogP contribution in [0.1, 0.15) is 5.56 Å². The zero-order valence-electron chi connectivity index (χ0n) is 6.82. The van der Waals surface area contributed by atoms with Crippen molar-refractivity contribution in [2.45, 2.75) is 0 Å². The van der Waals surface area contributed by atoms with Crippen LogP contribution >= 0.6 is 0 Å². The molecule has 0 saturated heterocycles. The van der Waals surface area contributed by atoms with Gasteiger partial charge in [0.15, 0.2) is 0 Å². The summed E-state index contributed by atoms with van der Waals surface area (Å²) in [7, 11) is 0. The molecule has 1 heterocycles. The summed E-state index contributed by atoms with van der Waals surface area (Å²) < 4.78 is 0. The van der Waals surface area contributed by atoms with Crippen molar-refractivity contribution in [3.63, 3.8) is 0 Å². The van der Waals surface area contributed by atoms with Crippen molar-refractivity contribution >= 4 is 22.9 Å². The van der Waals surface area contributed by atoms with Crippen LogP contribution < -0.4 is 16.8 Å². The maximum Gasteiger partial charge on any atom is 0.250 e. The predicted octanol–water partition coefficient (Wildman–Crippen LogP) is 0.344. The number of carbonyl (C=O) groups is 1. The predicted molar refractivity (Wildman–Crippen MR) is 49.8 cm³/mol. The summed E-state index contributed by atoms with van der Waals surface area (Å²) in [4.78, 5) is 10.9. The van der Waals surface area contributed by atoms with Crippen molar-refractivity contribution < 1.29 is 4.79 Å². The Kier molecular flexibility index (Phi) is 1.48. The summed E-state index contributed by atoms with van der Waals surface area (Å²) in [6.45, 7) is 0. The van der Waals surface area contributed by atoms with Gasteiger partial charge in [-0.15, -0.1) is 0 Å². The van der Waals surface area contributed by atoms with E-state index in [1.807, 2.05) is 0 Å². The second kappa shape index (κ2) is 2.52. The van der Waals surface area contributed by atoms with Crippen LogP contribution in [-0.2, 0) is 4.79 Å². The lowest BCUT2D eigenvalue weighted by molar-refractivity contribution is -0.112. The van der Waals surface area contributed by atoms with Crippen molar-refractivity contribution in [2.24, 2.45) is 5.73 Å². The molecule has 1 aliphatic heterocycles. The van der Waals surface area contributed by atoms with E-state index in [9.17, 15) is 4.79 Å². The molecule has 0 unspecified atom stereocenters. The molecule has 65 valence electrons. The lowest BCUT2D eigenvalue weighted by atomic mass is 10.1. The Balaban J connectivity index is 2.54. The molecule has 0 bridgehead atoms. The molecule has 0 aliphatic carbocycles. The van der Waals surface area contributed by atoms with Gasteiger partial charge in [0, 0.05) is 17.5 Å². The number of nitrogens with two attached hydrogens (primary N) is 2. The lowest BCUT2D eigenvalue weighted by Gasteiger charge is -2.01. The summed E-state index contributed by atoms with van der Waals surface area (Å²) in [6.07, 6.45) is 1.46. The van der Waals surface area contributed by atoms with Gasteiger partial charge in [0.05, 0.1) is 11.3 Å². The van der Waals surface area contributed by atoms with E-state index in [0.717, 1.165) is 5.69 Å². The van der Waals surface area contributed by atoms with Gasteiger partial charge < -0.3 is 11.5 Å². The number of hydrogen-bond acceptors (Lipinski definition) is 2. The summed E-state index contributed by atoms with van der Waals surface area (Å²) in [5.41, 5.74) is 13.2. The Morgan fingerprint density at radius 1 is 1.38 bits per heavy atom. The van der Waals surface area contributed by atoms with Crippen LogP contribution in [0.25, 0.3) is 5.57 Å². The molecule has 1 amide bonds. The van der Waals surface area contributed by atoms with E-state index < -0.39 is 5.91 Å². The normalized spacial score (nSPS) is 13.1. The van der Waals surface area contributed by atoms with Crippen LogP contribution in [0.3, 0.4) is 0 Å². The molecule has 0 atom stereocenters. The van der Waals surface area contributed by atoms with Gasteiger partial charge in [0.1, 0.15) is 0 Å². The Bertz CT molecular complexity index is 409. The molecule has 0 aromatic heterocycles. The van der Waals surface area contributed by atoms with Crippen molar-refractivity contribution in [1.29, 1.82) is 0 Å². The van der Waals surface area contributed by atoms with Crippen LogP contribution in [0, 0.1) is 0 Å². The smallest absolute Gasteiger partial charge is 0.250 e. The number of rotatable bonds is 1. The zero-order chi connectivity index (χ0) is 9.42. The largest absolute Gasteiger partial charge is 0.399 e. The zero-order valence-corrected chi connectivity index (χ0v) is 6.82. The van der Waals surface area contributed by atoms with Gasteiger partial charge in [0.25, 0.3) is 5.91 Å². The molecule has 1 radical (unpaired) electrons. The van der Waals surface area contributed by atoms with Crippen LogP contribution in [0.15, 0.2) is 24.4 Å². The third kappa shape index (κ3) is 1.12. The topological polar surface area (TPSA) is 83.2 Å². The Morgan fingerprint density at radius 2 is 2.15 bits per heavy atom. The Morgan fingerprint density at radius 3 is 2.85 bits per heavy atom. The number of carbonyl (C=O) groups excluding carboxylic acids is 1. The number of anilines is 1. The minimum atomic E-state index is -0.479. The van der Waals surface area contributed by atoms with Crippen LogP contribution in [0.2, 0.25) is 0 Å². The number of primary amides is 1. The highest BCUT2D eigenvalue weighted by Gasteiger charge is 2.19. The summed E-state index contributed by atoms with van der Waals surface area (Å²) in [6, 6.07) is 5.19. The quantitative estimate of drug-likeness (QED) is 0.602. The van der Waals surface area contributed by atoms with Crippen molar-refractivity contribution in [3.05, 3.63) is 30.0 Å². The molecule has 13 heavy (non-hydrogen) atoms. The maximum atomic E-state index is 10.9. The van der Waals surface area contributed by atoms with Crippen molar-refractivity contribution in [1.82, 2.24) is 5.32 Å². The summed E-state index contributed by atoms with van der Waals surface area (Å²) in [5.74, 6) is -0.479. The fourth-order valence-corrected chi connectivity index (χ4v) is 1.28. The SMILES string of the molecule is NC(=O)C1=C[N]c2ccc(N)cc21. The number of nitrogens with zero attached hydrogens (tertiary/aromatic N) is 1. The number of amides is 1. The summed E-state index contributed by atoms with van der Waals surface area (Å²) in [5, 5.41) is 4.02. The molecule has 1 aromatic rings. The van der Waals surface area contributed by atoms with E-state index in [1.54, 1.807) is 18.2 Å². The van der Waals surface area contributed by atoms with Gasteiger partial charge in [-0.1, -0.05) is 0 Å². The van der Waals surface area contributed by atoms with E-state index >= 15 is 0 Å². The van der Waals surface area contributed by atoms with Gasteiger partial charge in [-0.3, -0.25) is 10.1 Å². The highest BCUT2D eigenvalue weighted by Crippen LogP contribution is 2.31. The number of hydrogen-bond donors (Lipinski definition) is 2. The molecule has 0 fully saturated rings. The first-order chi connectivity index (χ1) is 6.18. The van der Waals surface area contributed by atoms with Gasteiger partial charge in [-0.2, -0.15) is 0 Å². The standard InChI is InChI=1S/C9H8N3O/c10-5-1-2-8-6(3-5)7(4-12-8)9(11)13/h1-4H,10H2,(H2,11,13). The van der Waals surface area contributed by atoms with E-state index in [4.69, 9.17) is 11.5 Å². The van der Waals surface area contributed by atoms with Gasteiger partial charge in [-0.25, -0.2) is 0 Å². The first-order valence-electron chi connectivity index (χ1n) is 3.79. The van der Waals surface area contributed by atoms with Gasteiger partial charge in [0.2, 0.25) is 0 Å². The minimum Gasteiger partial charge on any atom is -0.399 e. The van der Waals surface area contributed by atoms with Crippen LogP contribution in [0.4, 0.5) is 11.4 Å². The highest BCUT2D eigenvalue weighted by molar-refractivity contribution is 6.21. The molecule has 1 aliphatic rings. The molecule has 1 aromatic carbocycles. The Hall–Kier alpha value is -1.97. The molecule has 0 spiro atoms. The average Bonchev–Trinajstić information content (AvgIpc) is 2.46. The number of nitrogen functional groups attached to an aromatic ring is 1. The fourth-order valence-electron chi connectivity index (χ4n) is 1.28. The average molecular weight is 174 g/mol. The van der Waals surface area contributed by atoms with Crippen molar-refractivity contribution in [3.8, 4) is 0 Å². The lowest BCUT2D eigenvalue weighted by Crippen LogP contribution is -2.11. The molecule has 4 N–H and O–H groups in total. The molecular weight excluding hydrogens is 166 g/mol. The number of benzene rings is 1. The summed E-state index contributed by atoms with van der Waals surface area (Å²) >= 11 is 0. The highest BCUT2D eigenvalue weighted by atomic mass is 16.1. The van der Waals surface area contributed by atoms with Gasteiger partial charge >= 0.3 is 0 Å². The van der Waals surface area contributed by atoms with E-state index in [1.165, 1.54) is 6.20 Å². The van der Waals surface area contributed by atoms with Crippen molar-refractivity contribution in [2.75, 3.05) is 5.73 Å². The monoisotopic (exact) mass is 174 g/mol. The third-order valence-corrected chi connectivity index (χ3v) is 1.91. The van der Waals surface area contributed by atoms with Crippen LogP contribution in [-0.4, -0.2) is 5.91 Å². The molecule has 2 rings (SSSR count). The van der Waals surface area contributed by atoms with E-state index in [-0.39, 0.29) is 0 Å². The fraction of sp³-hybridized carbons (Fsp3) is 0. The van der Waals surface area contributed by atoms with E-state index in [0.29, 0.717) is 16.8 Å². The second-order valence-electron chi connectivity index (χ2n) is 2.81. The van der Waals surface area contributed by atoms with Gasteiger partial charge in [-0.05, 0) is 18.2 Å². The maximum absolute atomic E-state index is 10.9. The van der Waals surface area contributed by atoms with E-state index in [2.05, 4.69) is 5.32 Å². The van der Waals surface area contributed by atoms with Crippen LogP contribution in [0.5, 0.6) is 0 Å². The number of fused-ring (bicyclic) bond motifs is 1. The second-order valence-corrected chi connectivity index (χ2v) is 2.81. The Labute approximate surface area is 75.2 Å². The minimum absolute atomic E-state index is 0.419.